The molecule has 1 aromatic carbocycles. The van der Waals surface area contributed by atoms with Crippen molar-refractivity contribution in [2.24, 2.45) is 0 Å². The van der Waals surface area contributed by atoms with Gasteiger partial charge in [0, 0.05) is 24.7 Å². The Balaban J connectivity index is 3.34. The van der Waals surface area contributed by atoms with E-state index in [-0.39, 0.29) is 29.6 Å². The van der Waals surface area contributed by atoms with Crippen molar-refractivity contribution >= 4 is 33.2 Å². The first-order chi connectivity index (χ1) is 9.88. The van der Waals surface area contributed by atoms with Crippen molar-refractivity contribution in [3.63, 3.8) is 0 Å². The molecule has 0 aliphatic rings. The Morgan fingerprint density at radius 3 is 2.57 bits per heavy atom. The summed E-state index contributed by atoms with van der Waals surface area (Å²) in [5.74, 6) is 0. The molecule has 0 spiro atoms. The van der Waals surface area contributed by atoms with Gasteiger partial charge in [0.15, 0.2) is 0 Å². The van der Waals surface area contributed by atoms with E-state index in [9.17, 15) is 8.42 Å². The zero-order valence-corrected chi connectivity index (χ0v) is 14.0. The highest BCUT2D eigenvalue weighted by molar-refractivity contribution is 7.89. The van der Waals surface area contributed by atoms with Crippen molar-refractivity contribution in [2.45, 2.75) is 11.4 Å². The molecule has 5 nitrogen and oxygen atoms in total. The fraction of sp³-hybridized carbons (Fsp3) is 0.385. The summed E-state index contributed by atoms with van der Waals surface area (Å²) in [6.07, 6.45) is 1.45. The van der Waals surface area contributed by atoms with Crippen LogP contribution in [0.4, 0.5) is 0 Å². The van der Waals surface area contributed by atoms with E-state index in [1.807, 2.05) is 0 Å². The van der Waals surface area contributed by atoms with Crippen LogP contribution in [0.1, 0.15) is 5.56 Å². The molecule has 0 aliphatic heterocycles. The van der Waals surface area contributed by atoms with Gasteiger partial charge in [-0.05, 0) is 24.7 Å². The molecule has 1 rings (SSSR count). The van der Waals surface area contributed by atoms with Gasteiger partial charge in [-0.15, -0.1) is 6.58 Å². The van der Waals surface area contributed by atoms with Gasteiger partial charge in [0.1, 0.15) is 4.90 Å². The normalized spacial score (nSPS) is 11.9. The van der Waals surface area contributed by atoms with Gasteiger partial charge in [0.2, 0.25) is 10.0 Å². The maximum absolute atomic E-state index is 12.6. The number of halogens is 2. The maximum Gasteiger partial charge on any atom is 0.244 e. The molecule has 0 aromatic heterocycles. The van der Waals surface area contributed by atoms with E-state index in [0.29, 0.717) is 17.1 Å². The molecule has 0 unspecified atom stereocenters. The fourth-order valence-electron chi connectivity index (χ4n) is 1.80. The summed E-state index contributed by atoms with van der Waals surface area (Å²) >= 11 is 12.1. The molecule has 0 fully saturated rings. The van der Waals surface area contributed by atoms with Crippen LogP contribution in [0.2, 0.25) is 10.0 Å². The summed E-state index contributed by atoms with van der Waals surface area (Å²) in [6, 6.07) is 2.86. The molecule has 0 amide bonds. The second-order valence-electron chi connectivity index (χ2n) is 4.28. The number of nitrogens with one attached hydrogen (secondary N) is 1. The second kappa shape index (κ2) is 8.12. The highest BCUT2D eigenvalue weighted by atomic mass is 35.5. The van der Waals surface area contributed by atoms with Crippen LogP contribution in [0.5, 0.6) is 0 Å². The molecule has 118 valence electrons. The van der Waals surface area contributed by atoms with Crippen LogP contribution in [0, 0.1) is 0 Å². The lowest BCUT2D eigenvalue weighted by Gasteiger charge is -2.21. The van der Waals surface area contributed by atoms with Gasteiger partial charge in [0.25, 0.3) is 0 Å². The minimum Gasteiger partial charge on any atom is -0.395 e. The highest BCUT2D eigenvalue weighted by Crippen LogP contribution is 2.30. The topological polar surface area (TPSA) is 69.6 Å². The Hall–Kier alpha value is -0.630. The van der Waals surface area contributed by atoms with Crippen LogP contribution in [-0.4, -0.2) is 44.6 Å². The largest absolute Gasteiger partial charge is 0.395 e. The van der Waals surface area contributed by atoms with Gasteiger partial charge < -0.3 is 10.4 Å². The van der Waals surface area contributed by atoms with Crippen molar-refractivity contribution in [3.8, 4) is 0 Å². The van der Waals surface area contributed by atoms with Gasteiger partial charge in [-0.2, -0.15) is 4.31 Å². The number of sulfonamides is 1. The van der Waals surface area contributed by atoms with Crippen molar-refractivity contribution in [1.29, 1.82) is 0 Å². The van der Waals surface area contributed by atoms with Gasteiger partial charge >= 0.3 is 0 Å². The van der Waals surface area contributed by atoms with Crippen LogP contribution >= 0.6 is 23.2 Å². The number of nitrogens with zero attached hydrogens (tertiary/aromatic N) is 1. The highest BCUT2D eigenvalue weighted by Gasteiger charge is 2.26. The Kier molecular flexibility index (Phi) is 7.12. The Labute approximate surface area is 135 Å². The summed E-state index contributed by atoms with van der Waals surface area (Å²) in [5, 5.41) is 12.4. The Bertz CT molecular complexity index is 606. The molecule has 0 saturated carbocycles. The molecular weight excluding hydrogens is 335 g/mol. The molecule has 0 radical (unpaired) electrons. The Morgan fingerprint density at radius 1 is 1.38 bits per heavy atom. The number of aliphatic hydroxyl groups excluding tert-OH is 1. The van der Waals surface area contributed by atoms with Gasteiger partial charge in [0.05, 0.1) is 11.6 Å². The van der Waals surface area contributed by atoms with E-state index in [2.05, 4.69) is 11.9 Å². The molecular formula is C13H18Cl2N2O3S. The van der Waals surface area contributed by atoms with Crippen LogP contribution in [-0.2, 0) is 16.6 Å². The quantitative estimate of drug-likeness (QED) is 0.701. The smallest absolute Gasteiger partial charge is 0.244 e. The summed E-state index contributed by atoms with van der Waals surface area (Å²) < 4.78 is 26.3. The number of hydrogen-bond acceptors (Lipinski definition) is 4. The minimum atomic E-state index is -3.83. The van der Waals surface area contributed by atoms with Crippen LogP contribution in [0.3, 0.4) is 0 Å². The summed E-state index contributed by atoms with van der Waals surface area (Å²) in [6.45, 7) is 3.70. The van der Waals surface area contributed by atoms with Gasteiger partial charge in [-0.1, -0.05) is 29.3 Å². The predicted molar refractivity (Wildman–Crippen MR) is 85.3 cm³/mol. The lowest BCUT2D eigenvalue weighted by atomic mass is 10.2. The average molecular weight is 353 g/mol. The molecule has 0 atom stereocenters. The van der Waals surface area contributed by atoms with E-state index in [1.54, 1.807) is 7.05 Å². The standard InChI is InChI=1S/C13H18Cl2N2O3S/c1-3-4-17(5-6-18)21(19,20)13-7-10(9-16-2)11(14)8-12(13)15/h3,7-8,16,18H,1,4-6,9H2,2H3. The maximum atomic E-state index is 12.6. The van der Waals surface area contributed by atoms with Crippen LogP contribution < -0.4 is 5.32 Å². The summed E-state index contributed by atoms with van der Waals surface area (Å²) in [5.41, 5.74) is 0.629. The zero-order chi connectivity index (χ0) is 16.0. The average Bonchev–Trinajstić information content (AvgIpc) is 2.41. The molecule has 0 aliphatic carbocycles. The number of rotatable bonds is 8. The Morgan fingerprint density at radius 2 is 2.05 bits per heavy atom. The molecule has 1 aromatic rings. The number of hydrogen-bond donors (Lipinski definition) is 2. The SMILES string of the molecule is C=CCN(CCO)S(=O)(=O)c1cc(CNC)c(Cl)cc1Cl. The lowest BCUT2D eigenvalue weighted by Crippen LogP contribution is -2.34. The number of aliphatic hydroxyl groups is 1. The summed E-state index contributed by atoms with van der Waals surface area (Å²) in [4.78, 5) is -0.0332. The van der Waals surface area contributed by atoms with E-state index in [1.165, 1.54) is 18.2 Å². The first-order valence-electron chi connectivity index (χ1n) is 6.22. The van der Waals surface area contributed by atoms with E-state index < -0.39 is 10.0 Å². The summed E-state index contributed by atoms with van der Waals surface area (Å²) in [7, 11) is -2.10. The van der Waals surface area contributed by atoms with E-state index in [4.69, 9.17) is 28.3 Å². The molecule has 2 N–H and O–H groups in total. The first kappa shape index (κ1) is 18.4. The zero-order valence-electron chi connectivity index (χ0n) is 11.6. The van der Waals surface area contributed by atoms with Crippen molar-refractivity contribution in [2.75, 3.05) is 26.7 Å². The van der Waals surface area contributed by atoms with Crippen LogP contribution in [0.15, 0.2) is 29.7 Å². The molecule has 0 heterocycles. The van der Waals surface area contributed by atoms with Crippen LogP contribution in [0.25, 0.3) is 0 Å². The van der Waals surface area contributed by atoms with Gasteiger partial charge in [-0.3, -0.25) is 0 Å². The monoisotopic (exact) mass is 352 g/mol. The molecule has 0 bridgehead atoms. The van der Waals surface area contributed by atoms with E-state index >= 15 is 0 Å². The molecule has 21 heavy (non-hydrogen) atoms. The van der Waals surface area contributed by atoms with Crippen molar-refractivity contribution < 1.29 is 13.5 Å². The minimum absolute atomic E-state index is 0.0331. The third kappa shape index (κ3) is 4.42. The third-order valence-corrected chi connectivity index (χ3v) is 5.45. The molecule has 8 heteroatoms. The lowest BCUT2D eigenvalue weighted by molar-refractivity contribution is 0.260. The second-order valence-corrected chi connectivity index (χ2v) is 7.00. The fourth-order valence-corrected chi connectivity index (χ4v) is 4.04. The first-order valence-corrected chi connectivity index (χ1v) is 8.42. The predicted octanol–water partition coefficient (Wildman–Crippen LogP) is 1.88. The third-order valence-electron chi connectivity index (χ3n) is 2.77. The molecule has 0 saturated heterocycles. The van der Waals surface area contributed by atoms with Gasteiger partial charge in [-0.25, -0.2) is 8.42 Å². The van der Waals surface area contributed by atoms with Crippen molar-refractivity contribution in [3.05, 3.63) is 40.4 Å². The number of benzene rings is 1. The van der Waals surface area contributed by atoms with Crippen molar-refractivity contribution in [1.82, 2.24) is 9.62 Å². The van der Waals surface area contributed by atoms with E-state index in [0.717, 1.165) is 4.31 Å².